The third kappa shape index (κ3) is 19.3. The van der Waals surface area contributed by atoms with E-state index in [9.17, 15) is 46.4 Å². The average Bonchev–Trinajstić information content (AvgIpc) is 0.770. The number of ether oxygens (including phenoxy) is 16. The van der Waals surface area contributed by atoms with Gasteiger partial charge in [0.15, 0.2) is 31.5 Å². The number of azide groups is 1. The summed E-state index contributed by atoms with van der Waals surface area (Å²) in [7, 11) is 1.30. The van der Waals surface area contributed by atoms with Crippen molar-refractivity contribution in [3.63, 3.8) is 0 Å². The maximum absolute atomic E-state index is 12.8. The average molecular weight is 1390 g/mol. The number of nitrogens with zero attached hydrogens (tertiary/aromatic N) is 3. The molecule has 5 aliphatic rings. The highest BCUT2D eigenvalue weighted by Crippen LogP contribution is 2.39. The Morgan fingerprint density at radius 3 is 1.26 bits per heavy atom. The second-order valence-corrected chi connectivity index (χ2v) is 25.1. The zero-order valence-electron chi connectivity index (χ0n) is 55.3. The number of benzene rings is 6. The fourth-order valence-electron chi connectivity index (χ4n) is 12.7. The van der Waals surface area contributed by atoms with Crippen molar-refractivity contribution < 1.29 is 117 Å². The van der Waals surface area contributed by atoms with Crippen molar-refractivity contribution in [1.29, 1.82) is 0 Å². The van der Waals surface area contributed by atoms with Gasteiger partial charge in [-0.1, -0.05) is 187 Å². The number of rotatable bonds is 32. The first-order chi connectivity index (χ1) is 48.8. The van der Waals surface area contributed by atoms with Gasteiger partial charge in [0.25, 0.3) is 0 Å². The normalized spacial score (nSPS) is 34.6. The van der Waals surface area contributed by atoms with Gasteiger partial charge in [-0.05, 0) is 45.8 Å². The predicted molar refractivity (Wildman–Crippen MR) is 351 cm³/mol. The summed E-state index contributed by atoms with van der Waals surface area (Å²) in [6.45, 7) is -0.315. The van der Waals surface area contributed by atoms with Crippen LogP contribution in [-0.2, 0) is 115 Å². The van der Waals surface area contributed by atoms with E-state index in [0.717, 1.165) is 27.8 Å². The number of hydrogen-bond donors (Lipinski definition) is 8. The van der Waals surface area contributed by atoms with Crippen LogP contribution in [0, 0.1) is 0 Å². The van der Waals surface area contributed by atoms with Gasteiger partial charge in [0, 0.05) is 12.0 Å². The summed E-state index contributed by atoms with van der Waals surface area (Å²) in [6.07, 6.45) is -35.6. The van der Waals surface area contributed by atoms with Gasteiger partial charge in [-0.2, -0.15) is 0 Å². The predicted octanol–water partition coefficient (Wildman–Crippen LogP) is 4.42. The summed E-state index contributed by atoms with van der Waals surface area (Å²) in [5.74, 6) is 0. The molecule has 5 fully saturated rings. The molecule has 8 N–H and O–H groups in total. The smallest absolute Gasteiger partial charge is 0.187 e. The number of aliphatic hydroxyl groups excluding tert-OH is 8. The fourth-order valence-corrected chi connectivity index (χ4v) is 12.7. The lowest BCUT2D eigenvalue weighted by Crippen LogP contribution is -2.67. The molecule has 0 spiro atoms. The van der Waals surface area contributed by atoms with Crippen molar-refractivity contribution in [2.45, 2.75) is 200 Å². The fraction of sp³-hybridized carbons (Fsp3) is 0.507. The third-order valence-electron chi connectivity index (χ3n) is 18.1. The van der Waals surface area contributed by atoms with Gasteiger partial charge >= 0.3 is 0 Å². The molecule has 0 aromatic heterocycles. The van der Waals surface area contributed by atoms with Gasteiger partial charge in [0.1, 0.15) is 116 Å². The maximum Gasteiger partial charge on any atom is 0.187 e. The molecule has 11 rings (SSSR count). The summed E-state index contributed by atoms with van der Waals surface area (Å²) >= 11 is 0. The van der Waals surface area contributed by atoms with E-state index >= 15 is 0 Å². The minimum Gasteiger partial charge on any atom is -0.394 e. The Kier molecular flexibility index (Phi) is 27.8. The molecule has 6 aromatic rings. The molecule has 0 amide bonds. The zero-order chi connectivity index (χ0) is 69.9. The van der Waals surface area contributed by atoms with E-state index < -0.39 is 173 Å². The summed E-state index contributed by atoms with van der Waals surface area (Å²) < 4.78 is 104. The first-order valence-corrected chi connectivity index (χ1v) is 33.4. The van der Waals surface area contributed by atoms with Gasteiger partial charge in [0.05, 0.1) is 72.2 Å². The van der Waals surface area contributed by atoms with Crippen LogP contribution >= 0.6 is 0 Å². The third-order valence-corrected chi connectivity index (χ3v) is 18.1. The lowest BCUT2D eigenvalue weighted by atomic mass is 9.94. The first kappa shape index (κ1) is 74.8. The van der Waals surface area contributed by atoms with E-state index in [2.05, 4.69) is 10.0 Å². The zero-order valence-corrected chi connectivity index (χ0v) is 55.3. The van der Waals surface area contributed by atoms with Crippen LogP contribution in [0.5, 0.6) is 0 Å². The van der Waals surface area contributed by atoms with Crippen molar-refractivity contribution in [3.05, 3.63) is 226 Å². The van der Waals surface area contributed by atoms with E-state index in [1.54, 1.807) is 0 Å². The van der Waals surface area contributed by atoms with Crippen LogP contribution in [0.25, 0.3) is 10.4 Å². The van der Waals surface area contributed by atoms with Crippen LogP contribution in [0.3, 0.4) is 0 Å². The Morgan fingerprint density at radius 1 is 0.350 bits per heavy atom. The van der Waals surface area contributed by atoms with Crippen LogP contribution in [-0.4, -0.2) is 228 Å². The quantitative estimate of drug-likeness (QED) is 0.0165. The molecule has 27 heteroatoms. The van der Waals surface area contributed by atoms with E-state index in [1.807, 2.05) is 182 Å². The molecule has 6 aromatic carbocycles. The highest BCUT2D eigenvalue weighted by molar-refractivity contribution is 5.19. The SMILES string of the molecule is CO[C@@H]1O[C@H](COCc2ccccc2)[C@H](O[C@H]2O[C@H](CO[C@@H]3O[C@@H](C)[C@H](O)[C@@H](O)[C@H]3O)[C@@H](OCc3ccccc3)[C@H](O)[C@H]2OCc2ccccc2)[C@H](O[C@@H]2O[C@H](CO[C@H]3O[C@H](CO)[C@@H](OCc4ccccc4)[C@H](OCc4ccccc4)[C@H]3OCc3ccccc3)[C@@H](O)[C@H](O)[C@H]2O)[C@H]1N=[N+]=[N-]. The molecule has 0 bridgehead atoms. The van der Waals surface area contributed by atoms with Crippen LogP contribution in [0.4, 0.5) is 0 Å². The van der Waals surface area contributed by atoms with E-state index in [0.29, 0.717) is 5.56 Å². The first-order valence-electron chi connectivity index (χ1n) is 33.4. The Labute approximate surface area is 578 Å². The Morgan fingerprint density at radius 2 is 0.750 bits per heavy atom. The molecule has 5 heterocycles. The van der Waals surface area contributed by atoms with Gasteiger partial charge in [-0.15, -0.1) is 0 Å². The van der Waals surface area contributed by atoms with Crippen LogP contribution in [0.15, 0.2) is 187 Å². The van der Waals surface area contributed by atoms with Gasteiger partial charge < -0.3 is 117 Å². The molecule has 5 aliphatic heterocycles. The van der Waals surface area contributed by atoms with Crippen LogP contribution in [0.2, 0.25) is 0 Å². The monoisotopic (exact) mass is 1390 g/mol. The minimum absolute atomic E-state index is 0.0391. The van der Waals surface area contributed by atoms with E-state index in [1.165, 1.54) is 14.0 Å². The molecular formula is C73H89N3O24. The van der Waals surface area contributed by atoms with E-state index in [-0.39, 0.29) is 46.2 Å². The standard InChI is InChI=1S/C73H89N3O24/c1-43-55(78)57(80)59(82)70(94-43)92-42-53-62(87-35-45-23-11-4-12-24-45)61(84)66(89-37-47-27-15-6-16-28-47)73(98-53)99-64-52(40-86-34-44-21-9-3-10-22-44)97-69(85-2)54(75-76-74)65(64)100-71-60(83)58(81)56(79)51(96-71)41-93-72-68(91-39-49-31-19-8-20-32-49)67(90-38-48-29-17-7-18-30-48)63(50(33-77)95-72)88-36-46-25-13-5-14-26-46/h3-32,43,50-73,77-84H,33-42H2,1-2H3/t43-,50+,51+,52+,53+,54+,55-,56+,57+,58-,59+,60+,61-,62+,63+,64-,65+,66+,67-,68+,69+,70+,71-,72-,73+/m0/s1. The molecule has 5 saturated heterocycles. The molecule has 540 valence electrons. The van der Waals surface area contributed by atoms with Gasteiger partial charge in [-0.3, -0.25) is 0 Å². The molecule has 0 saturated carbocycles. The second-order valence-electron chi connectivity index (χ2n) is 25.1. The molecule has 0 aliphatic carbocycles. The molecule has 0 unspecified atom stereocenters. The molecular weight excluding hydrogens is 1300 g/mol. The molecule has 25 atom stereocenters. The highest BCUT2D eigenvalue weighted by Gasteiger charge is 2.57. The minimum atomic E-state index is -2.04. The Balaban J connectivity index is 0.913. The second kappa shape index (κ2) is 37.2. The summed E-state index contributed by atoms with van der Waals surface area (Å²) in [5, 5.41) is 96.4. The van der Waals surface area contributed by atoms with Crippen molar-refractivity contribution in [3.8, 4) is 0 Å². The number of hydrogen-bond acceptors (Lipinski definition) is 25. The summed E-state index contributed by atoms with van der Waals surface area (Å²) in [5.41, 5.74) is 15.0. The topological polar surface area (TPSA) is 358 Å². The van der Waals surface area contributed by atoms with E-state index in [4.69, 9.17) is 75.8 Å². The lowest BCUT2D eigenvalue weighted by Gasteiger charge is -2.50. The van der Waals surface area contributed by atoms with Crippen molar-refractivity contribution in [2.75, 3.05) is 33.5 Å². The summed E-state index contributed by atoms with van der Waals surface area (Å²) in [6, 6.07) is 54.1. The highest BCUT2D eigenvalue weighted by atomic mass is 16.8. The van der Waals surface area contributed by atoms with Crippen molar-refractivity contribution in [1.82, 2.24) is 0 Å². The molecule has 27 nitrogen and oxygen atoms in total. The van der Waals surface area contributed by atoms with Crippen LogP contribution in [0.1, 0.15) is 40.3 Å². The molecule has 100 heavy (non-hydrogen) atoms. The van der Waals surface area contributed by atoms with Crippen LogP contribution < -0.4 is 0 Å². The summed E-state index contributed by atoms with van der Waals surface area (Å²) in [4.78, 5) is 3.15. The maximum atomic E-state index is 12.8. The van der Waals surface area contributed by atoms with Gasteiger partial charge in [-0.25, -0.2) is 0 Å². The largest absolute Gasteiger partial charge is 0.394 e. The Bertz CT molecular complexity index is 3370. The van der Waals surface area contributed by atoms with Gasteiger partial charge in [0.2, 0.25) is 0 Å². The molecule has 0 radical (unpaired) electrons. The number of aliphatic hydroxyl groups is 8. The van der Waals surface area contributed by atoms with Crippen molar-refractivity contribution >= 4 is 0 Å². The van der Waals surface area contributed by atoms with Crippen molar-refractivity contribution in [2.24, 2.45) is 5.11 Å². The Hall–Kier alpha value is -6.33. The number of methoxy groups -OCH3 is 1. The lowest BCUT2D eigenvalue weighted by molar-refractivity contribution is -0.383.